The third-order valence-electron chi connectivity index (χ3n) is 3.27. The van der Waals surface area contributed by atoms with Gasteiger partial charge in [0.1, 0.15) is 11.6 Å². The predicted octanol–water partition coefficient (Wildman–Crippen LogP) is 3.28. The van der Waals surface area contributed by atoms with Crippen molar-refractivity contribution >= 4 is 0 Å². The third kappa shape index (κ3) is 2.68. The molecule has 2 aromatic carbocycles. The van der Waals surface area contributed by atoms with Crippen LogP contribution in [-0.4, -0.2) is 9.78 Å². The van der Waals surface area contributed by atoms with Crippen molar-refractivity contribution in [2.45, 2.75) is 6.54 Å². The molecule has 3 nitrogen and oxygen atoms in total. The number of hydrogen-bond donors (Lipinski definition) is 1. The Kier molecular flexibility index (Phi) is 3.50. The summed E-state index contributed by atoms with van der Waals surface area (Å²) in [5.74, 6) is -0.607. The van der Waals surface area contributed by atoms with E-state index in [1.807, 2.05) is 0 Å². The minimum Gasteiger partial charge on any atom is -0.326 e. The summed E-state index contributed by atoms with van der Waals surface area (Å²) in [7, 11) is 0. The van der Waals surface area contributed by atoms with E-state index in [1.165, 1.54) is 18.2 Å². The van der Waals surface area contributed by atoms with E-state index in [4.69, 9.17) is 5.73 Å². The summed E-state index contributed by atoms with van der Waals surface area (Å²) in [5.41, 5.74) is 8.41. The highest BCUT2D eigenvalue weighted by molar-refractivity contribution is 5.63. The summed E-state index contributed by atoms with van der Waals surface area (Å²) in [5, 5.41) is 4.24. The quantitative estimate of drug-likeness (QED) is 0.802. The first-order valence-corrected chi connectivity index (χ1v) is 6.47. The van der Waals surface area contributed by atoms with E-state index in [1.54, 1.807) is 41.3 Å². The summed E-state index contributed by atoms with van der Waals surface area (Å²) in [4.78, 5) is 0. The van der Waals surface area contributed by atoms with Gasteiger partial charge in [0.15, 0.2) is 0 Å². The molecule has 0 saturated heterocycles. The molecule has 0 fully saturated rings. The second kappa shape index (κ2) is 5.46. The number of rotatable bonds is 3. The summed E-state index contributed by atoms with van der Waals surface area (Å²) < 4.78 is 28.0. The molecule has 2 N–H and O–H groups in total. The van der Waals surface area contributed by atoms with Crippen molar-refractivity contribution in [3.63, 3.8) is 0 Å². The van der Waals surface area contributed by atoms with E-state index >= 15 is 0 Å². The van der Waals surface area contributed by atoms with Gasteiger partial charge in [-0.25, -0.2) is 13.5 Å². The SMILES string of the molecule is NCc1cc(-c2cnn(-c3ccc(F)cc3)c2)ccc1F. The molecule has 106 valence electrons. The fraction of sp³-hybridized carbons (Fsp3) is 0.0625. The molecule has 1 heterocycles. The number of nitrogens with two attached hydrogens (primary N) is 1. The van der Waals surface area contributed by atoms with Crippen molar-refractivity contribution < 1.29 is 8.78 Å². The highest BCUT2D eigenvalue weighted by Crippen LogP contribution is 2.22. The number of aromatic nitrogens is 2. The van der Waals surface area contributed by atoms with Crippen molar-refractivity contribution in [2.24, 2.45) is 5.73 Å². The van der Waals surface area contributed by atoms with Gasteiger partial charge in [-0.3, -0.25) is 0 Å². The lowest BCUT2D eigenvalue weighted by atomic mass is 10.1. The van der Waals surface area contributed by atoms with Gasteiger partial charge in [0, 0.05) is 23.9 Å². The van der Waals surface area contributed by atoms with E-state index in [9.17, 15) is 8.78 Å². The molecule has 0 amide bonds. The fourth-order valence-corrected chi connectivity index (χ4v) is 2.12. The van der Waals surface area contributed by atoms with Crippen LogP contribution in [0.25, 0.3) is 16.8 Å². The number of benzene rings is 2. The summed E-state index contributed by atoms with van der Waals surface area (Å²) in [6, 6.07) is 10.8. The molecule has 3 rings (SSSR count). The first-order chi connectivity index (χ1) is 10.2. The largest absolute Gasteiger partial charge is 0.326 e. The molecule has 1 aromatic heterocycles. The van der Waals surface area contributed by atoms with Crippen molar-refractivity contribution in [2.75, 3.05) is 0 Å². The zero-order chi connectivity index (χ0) is 14.8. The Balaban J connectivity index is 1.96. The van der Waals surface area contributed by atoms with Gasteiger partial charge >= 0.3 is 0 Å². The van der Waals surface area contributed by atoms with Crippen molar-refractivity contribution in [3.8, 4) is 16.8 Å². The second-order valence-electron chi connectivity index (χ2n) is 4.66. The molecule has 0 unspecified atom stereocenters. The van der Waals surface area contributed by atoms with Gasteiger partial charge in [0.25, 0.3) is 0 Å². The maximum Gasteiger partial charge on any atom is 0.127 e. The average Bonchev–Trinajstić information content (AvgIpc) is 2.98. The first-order valence-electron chi connectivity index (χ1n) is 6.47. The van der Waals surface area contributed by atoms with Crippen LogP contribution in [0.5, 0.6) is 0 Å². The molecule has 0 aliphatic carbocycles. The van der Waals surface area contributed by atoms with E-state index in [0.717, 1.165) is 16.8 Å². The highest BCUT2D eigenvalue weighted by atomic mass is 19.1. The van der Waals surface area contributed by atoms with Crippen LogP contribution in [0.15, 0.2) is 54.9 Å². The molecular weight excluding hydrogens is 272 g/mol. The van der Waals surface area contributed by atoms with Gasteiger partial charge in [-0.05, 0) is 42.0 Å². The molecule has 5 heteroatoms. The second-order valence-corrected chi connectivity index (χ2v) is 4.66. The smallest absolute Gasteiger partial charge is 0.127 e. The Morgan fingerprint density at radius 3 is 2.48 bits per heavy atom. The zero-order valence-corrected chi connectivity index (χ0v) is 11.1. The number of hydrogen-bond acceptors (Lipinski definition) is 2. The maximum atomic E-state index is 13.5. The molecule has 0 atom stereocenters. The average molecular weight is 285 g/mol. The van der Waals surface area contributed by atoms with Crippen molar-refractivity contribution in [1.29, 1.82) is 0 Å². The third-order valence-corrected chi connectivity index (χ3v) is 3.27. The molecule has 0 saturated carbocycles. The Morgan fingerprint density at radius 2 is 1.76 bits per heavy atom. The number of halogens is 2. The van der Waals surface area contributed by atoms with Gasteiger partial charge in [-0.2, -0.15) is 5.10 Å². The van der Waals surface area contributed by atoms with Crippen molar-refractivity contribution in [3.05, 3.63) is 72.1 Å². The lowest BCUT2D eigenvalue weighted by Gasteiger charge is -2.03. The van der Waals surface area contributed by atoms with Gasteiger partial charge < -0.3 is 5.73 Å². The summed E-state index contributed by atoms with van der Waals surface area (Å²) in [6.45, 7) is 0.145. The van der Waals surface area contributed by atoms with Crippen LogP contribution < -0.4 is 5.73 Å². The van der Waals surface area contributed by atoms with Gasteiger partial charge in [0.2, 0.25) is 0 Å². The zero-order valence-electron chi connectivity index (χ0n) is 11.1. The Morgan fingerprint density at radius 1 is 1.00 bits per heavy atom. The minimum atomic E-state index is -0.313. The molecule has 0 radical (unpaired) electrons. The van der Waals surface area contributed by atoms with Crippen LogP contribution in [-0.2, 0) is 6.54 Å². The predicted molar refractivity (Wildman–Crippen MR) is 76.8 cm³/mol. The van der Waals surface area contributed by atoms with Crippen LogP contribution in [0.3, 0.4) is 0 Å². The number of nitrogens with zero attached hydrogens (tertiary/aromatic N) is 2. The monoisotopic (exact) mass is 285 g/mol. The molecule has 0 spiro atoms. The molecule has 3 aromatic rings. The van der Waals surface area contributed by atoms with Crippen molar-refractivity contribution in [1.82, 2.24) is 9.78 Å². The van der Waals surface area contributed by atoms with E-state index in [0.29, 0.717) is 5.56 Å². The van der Waals surface area contributed by atoms with Crippen LogP contribution in [0.2, 0.25) is 0 Å². The lowest BCUT2D eigenvalue weighted by Crippen LogP contribution is -1.99. The molecule has 21 heavy (non-hydrogen) atoms. The van der Waals surface area contributed by atoms with Crippen LogP contribution in [0.4, 0.5) is 8.78 Å². The van der Waals surface area contributed by atoms with Crippen LogP contribution in [0.1, 0.15) is 5.56 Å². The first kappa shape index (κ1) is 13.5. The lowest BCUT2D eigenvalue weighted by molar-refractivity contribution is 0.611. The normalized spacial score (nSPS) is 10.8. The van der Waals surface area contributed by atoms with Gasteiger partial charge in [-0.15, -0.1) is 0 Å². The highest BCUT2D eigenvalue weighted by Gasteiger charge is 2.07. The Hall–Kier alpha value is -2.53. The molecule has 0 bridgehead atoms. The molecule has 0 aliphatic heterocycles. The maximum absolute atomic E-state index is 13.5. The van der Waals surface area contributed by atoms with E-state index in [2.05, 4.69) is 5.10 Å². The van der Waals surface area contributed by atoms with E-state index < -0.39 is 0 Å². The van der Waals surface area contributed by atoms with Crippen LogP contribution >= 0.6 is 0 Å². The fourth-order valence-electron chi connectivity index (χ4n) is 2.12. The minimum absolute atomic E-state index is 0.145. The molecular formula is C16H13F2N3. The Bertz CT molecular complexity index is 763. The summed E-state index contributed by atoms with van der Waals surface area (Å²) >= 11 is 0. The Labute approximate surface area is 120 Å². The van der Waals surface area contributed by atoms with Gasteiger partial charge in [0.05, 0.1) is 11.9 Å². The van der Waals surface area contributed by atoms with E-state index in [-0.39, 0.29) is 18.2 Å². The topological polar surface area (TPSA) is 43.8 Å². The van der Waals surface area contributed by atoms with Gasteiger partial charge in [-0.1, -0.05) is 6.07 Å². The van der Waals surface area contributed by atoms with Crippen LogP contribution in [0, 0.1) is 11.6 Å². The standard InChI is InChI=1S/C16H13F2N3/c17-14-2-4-15(5-3-14)21-10-13(9-20-21)11-1-6-16(18)12(7-11)8-19/h1-7,9-10H,8,19H2. The molecule has 0 aliphatic rings. The summed E-state index contributed by atoms with van der Waals surface area (Å²) in [6.07, 6.45) is 3.48.